The van der Waals surface area contributed by atoms with E-state index in [0.29, 0.717) is 6.54 Å². The molecule has 1 aromatic heterocycles. The Kier molecular flexibility index (Phi) is 3.33. The van der Waals surface area contributed by atoms with Crippen LogP contribution < -0.4 is 5.32 Å². The summed E-state index contributed by atoms with van der Waals surface area (Å²) < 4.78 is 3.07. The van der Waals surface area contributed by atoms with Crippen LogP contribution in [0.1, 0.15) is 11.7 Å². The lowest BCUT2D eigenvalue weighted by Crippen LogP contribution is -2.16. The molecule has 1 aromatic carbocycles. The third-order valence-corrected chi connectivity index (χ3v) is 3.36. The first kappa shape index (κ1) is 11.6. The highest BCUT2D eigenvalue weighted by molar-refractivity contribution is 9.10. The van der Waals surface area contributed by atoms with Gasteiger partial charge in [0.25, 0.3) is 0 Å². The molecule has 2 aromatic rings. The number of rotatable bonds is 3. The maximum absolute atomic E-state index is 10.1. The third kappa shape index (κ3) is 1.88. The summed E-state index contributed by atoms with van der Waals surface area (Å²) in [6, 6.07) is 5.99. The molecule has 0 amide bonds. The molecule has 0 aliphatic heterocycles. The molecule has 1 unspecified atom stereocenters. The second-order valence-electron chi connectivity index (χ2n) is 3.90. The standard InChI is InChI=1S/C12H15BrN2O/c1-14-6-11(16)8-4-3-5-10-12(8)9(13)7-15(10)2/h3-5,7,11,14,16H,6H2,1-2H3. The summed E-state index contributed by atoms with van der Waals surface area (Å²) in [7, 11) is 3.84. The Morgan fingerprint density at radius 2 is 2.25 bits per heavy atom. The number of aliphatic hydroxyl groups is 1. The van der Waals surface area contributed by atoms with E-state index in [-0.39, 0.29) is 0 Å². The number of nitrogens with zero attached hydrogens (tertiary/aromatic N) is 1. The van der Waals surface area contributed by atoms with Crippen LogP contribution in [0.3, 0.4) is 0 Å². The van der Waals surface area contributed by atoms with Crippen molar-refractivity contribution in [1.82, 2.24) is 9.88 Å². The number of likely N-dealkylation sites (N-methyl/N-ethyl adjacent to an activating group) is 1. The smallest absolute Gasteiger partial charge is 0.0921 e. The highest BCUT2D eigenvalue weighted by atomic mass is 79.9. The summed E-state index contributed by atoms with van der Waals surface area (Å²) in [5.74, 6) is 0. The van der Waals surface area contributed by atoms with Gasteiger partial charge in [0.15, 0.2) is 0 Å². The predicted molar refractivity (Wildman–Crippen MR) is 69.5 cm³/mol. The SMILES string of the molecule is CNCC(O)c1cccc2c1c(Br)cn2C. The van der Waals surface area contributed by atoms with Crippen LogP contribution in [-0.2, 0) is 7.05 Å². The van der Waals surface area contributed by atoms with Gasteiger partial charge in [-0.3, -0.25) is 0 Å². The van der Waals surface area contributed by atoms with Crippen molar-refractivity contribution in [2.45, 2.75) is 6.10 Å². The van der Waals surface area contributed by atoms with Gasteiger partial charge >= 0.3 is 0 Å². The first-order valence-electron chi connectivity index (χ1n) is 5.21. The summed E-state index contributed by atoms with van der Waals surface area (Å²) in [6.45, 7) is 0.556. The Balaban J connectivity index is 2.61. The second-order valence-corrected chi connectivity index (χ2v) is 4.76. The molecule has 0 saturated carbocycles. The van der Waals surface area contributed by atoms with E-state index in [9.17, 15) is 5.11 Å². The van der Waals surface area contributed by atoms with Crippen LogP contribution in [0.15, 0.2) is 28.9 Å². The zero-order valence-corrected chi connectivity index (χ0v) is 11.0. The van der Waals surface area contributed by atoms with Crippen molar-refractivity contribution in [3.05, 3.63) is 34.4 Å². The number of nitrogens with one attached hydrogen (secondary N) is 1. The molecule has 0 saturated heterocycles. The molecular weight excluding hydrogens is 268 g/mol. The molecule has 86 valence electrons. The largest absolute Gasteiger partial charge is 0.387 e. The first-order chi connectivity index (χ1) is 7.65. The van der Waals surface area contributed by atoms with E-state index in [4.69, 9.17) is 0 Å². The van der Waals surface area contributed by atoms with Crippen molar-refractivity contribution in [3.63, 3.8) is 0 Å². The molecule has 0 aliphatic rings. The molecular formula is C12H15BrN2O. The fraction of sp³-hybridized carbons (Fsp3) is 0.333. The van der Waals surface area contributed by atoms with Crippen LogP contribution in [0.2, 0.25) is 0 Å². The van der Waals surface area contributed by atoms with Crippen LogP contribution in [-0.4, -0.2) is 23.3 Å². The molecule has 0 aliphatic carbocycles. The van der Waals surface area contributed by atoms with Gasteiger partial charge in [0.05, 0.1) is 6.10 Å². The van der Waals surface area contributed by atoms with Crippen molar-refractivity contribution in [2.75, 3.05) is 13.6 Å². The predicted octanol–water partition coefficient (Wildman–Crippen LogP) is 2.19. The normalized spacial score (nSPS) is 13.2. The number of hydrogen-bond donors (Lipinski definition) is 2. The third-order valence-electron chi connectivity index (χ3n) is 2.76. The monoisotopic (exact) mass is 282 g/mol. The highest BCUT2D eigenvalue weighted by Gasteiger charge is 2.14. The summed E-state index contributed by atoms with van der Waals surface area (Å²) in [6.07, 6.45) is 1.53. The molecule has 3 nitrogen and oxygen atoms in total. The Labute approximate surface area is 103 Å². The summed E-state index contributed by atoms with van der Waals surface area (Å²) in [4.78, 5) is 0. The first-order valence-corrected chi connectivity index (χ1v) is 6.00. The van der Waals surface area contributed by atoms with Crippen molar-refractivity contribution in [3.8, 4) is 0 Å². The minimum absolute atomic E-state index is 0.479. The fourth-order valence-corrected chi connectivity index (χ4v) is 2.74. The van der Waals surface area contributed by atoms with Gasteiger partial charge in [0, 0.05) is 35.2 Å². The molecule has 0 bridgehead atoms. The molecule has 1 heterocycles. The molecule has 0 radical (unpaired) electrons. The van der Waals surface area contributed by atoms with Crippen molar-refractivity contribution in [2.24, 2.45) is 7.05 Å². The second kappa shape index (κ2) is 4.57. The fourth-order valence-electron chi connectivity index (χ4n) is 2.00. The van der Waals surface area contributed by atoms with Crippen molar-refractivity contribution < 1.29 is 5.11 Å². The molecule has 0 spiro atoms. The lowest BCUT2D eigenvalue weighted by atomic mass is 10.0. The summed E-state index contributed by atoms with van der Waals surface area (Å²) in [5.41, 5.74) is 2.08. The zero-order chi connectivity index (χ0) is 11.7. The van der Waals surface area contributed by atoms with E-state index in [2.05, 4.69) is 31.9 Å². The summed E-state index contributed by atoms with van der Waals surface area (Å²) in [5, 5.41) is 14.1. The van der Waals surface area contributed by atoms with Gasteiger partial charge in [-0.1, -0.05) is 12.1 Å². The maximum atomic E-state index is 10.1. The Bertz CT molecular complexity index is 507. The van der Waals surface area contributed by atoms with Gasteiger partial charge in [-0.15, -0.1) is 0 Å². The minimum atomic E-state index is -0.479. The molecule has 16 heavy (non-hydrogen) atoms. The lowest BCUT2D eigenvalue weighted by molar-refractivity contribution is 0.179. The van der Waals surface area contributed by atoms with E-state index in [1.165, 1.54) is 0 Å². The van der Waals surface area contributed by atoms with E-state index in [0.717, 1.165) is 20.9 Å². The van der Waals surface area contributed by atoms with Crippen LogP contribution in [0.5, 0.6) is 0 Å². The number of benzene rings is 1. The van der Waals surface area contributed by atoms with Crippen LogP contribution >= 0.6 is 15.9 Å². The maximum Gasteiger partial charge on any atom is 0.0921 e. The number of aromatic nitrogens is 1. The average molecular weight is 283 g/mol. The average Bonchev–Trinajstić information content (AvgIpc) is 2.55. The lowest BCUT2D eigenvalue weighted by Gasteiger charge is -2.12. The zero-order valence-electron chi connectivity index (χ0n) is 9.37. The number of aliphatic hydroxyl groups excluding tert-OH is 1. The van der Waals surface area contributed by atoms with Gasteiger partial charge in [0.2, 0.25) is 0 Å². The van der Waals surface area contributed by atoms with Crippen LogP contribution in [0.25, 0.3) is 10.9 Å². The van der Waals surface area contributed by atoms with E-state index < -0.39 is 6.10 Å². The van der Waals surface area contributed by atoms with Gasteiger partial charge in [0.1, 0.15) is 0 Å². The Morgan fingerprint density at radius 3 is 2.94 bits per heavy atom. The molecule has 0 fully saturated rings. The quantitative estimate of drug-likeness (QED) is 0.906. The topological polar surface area (TPSA) is 37.2 Å². The number of halogens is 1. The van der Waals surface area contributed by atoms with Gasteiger partial charge in [-0.2, -0.15) is 0 Å². The Hall–Kier alpha value is -0.840. The number of hydrogen-bond acceptors (Lipinski definition) is 2. The Morgan fingerprint density at radius 1 is 1.50 bits per heavy atom. The molecule has 2 rings (SSSR count). The van der Waals surface area contributed by atoms with Crippen molar-refractivity contribution >= 4 is 26.8 Å². The molecule has 4 heteroatoms. The van der Waals surface area contributed by atoms with E-state index in [1.54, 1.807) is 0 Å². The van der Waals surface area contributed by atoms with Gasteiger partial charge in [-0.25, -0.2) is 0 Å². The number of aryl methyl sites for hydroxylation is 1. The van der Waals surface area contributed by atoms with Gasteiger partial charge < -0.3 is 15.0 Å². The van der Waals surface area contributed by atoms with Crippen LogP contribution in [0.4, 0.5) is 0 Å². The van der Waals surface area contributed by atoms with Crippen LogP contribution in [0, 0.1) is 0 Å². The van der Waals surface area contributed by atoms with Crippen molar-refractivity contribution in [1.29, 1.82) is 0 Å². The molecule has 1 atom stereocenters. The number of fused-ring (bicyclic) bond motifs is 1. The van der Waals surface area contributed by atoms with E-state index >= 15 is 0 Å². The highest BCUT2D eigenvalue weighted by Crippen LogP contribution is 2.31. The minimum Gasteiger partial charge on any atom is -0.387 e. The molecule has 2 N–H and O–H groups in total. The van der Waals surface area contributed by atoms with Gasteiger partial charge in [-0.05, 0) is 34.6 Å². The summed E-state index contributed by atoms with van der Waals surface area (Å²) >= 11 is 3.54. The van der Waals surface area contributed by atoms with E-state index in [1.807, 2.05) is 32.4 Å².